The second-order valence-electron chi connectivity index (χ2n) is 5.99. The first-order valence-electron chi connectivity index (χ1n) is 8.51. The molecule has 0 radical (unpaired) electrons. The Bertz CT molecular complexity index is 929. The molecule has 2 aromatic carbocycles. The second kappa shape index (κ2) is 9.23. The molecule has 0 aliphatic carbocycles. The first-order chi connectivity index (χ1) is 13.5. The number of hydrogen-bond donors (Lipinski definition) is 2. The van der Waals surface area contributed by atoms with E-state index in [1.807, 2.05) is 24.3 Å². The standard InChI is InChI=1S/C19H20FN5O2S/c1-27-16-8-4-13(5-9-16)10-17-23-24-19(25(17)21)28-12-18(26)22-11-14-2-6-15(20)7-3-14/h2-9H,10-12,21H2,1H3,(H,22,26). The zero-order valence-electron chi connectivity index (χ0n) is 15.3. The van der Waals surface area contributed by atoms with Gasteiger partial charge in [-0.15, -0.1) is 10.2 Å². The zero-order chi connectivity index (χ0) is 19.9. The van der Waals surface area contributed by atoms with Crippen molar-refractivity contribution in [2.24, 2.45) is 0 Å². The van der Waals surface area contributed by atoms with Crippen LogP contribution in [0.2, 0.25) is 0 Å². The Morgan fingerprint density at radius 1 is 1.14 bits per heavy atom. The van der Waals surface area contributed by atoms with Gasteiger partial charge in [0.1, 0.15) is 11.6 Å². The molecule has 1 aromatic heterocycles. The lowest BCUT2D eigenvalue weighted by Crippen LogP contribution is -2.25. The molecular formula is C19H20FN5O2S. The van der Waals surface area contributed by atoms with E-state index in [0.29, 0.717) is 23.9 Å². The van der Waals surface area contributed by atoms with E-state index in [4.69, 9.17) is 10.6 Å². The van der Waals surface area contributed by atoms with Gasteiger partial charge < -0.3 is 15.9 Å². The van der Waals surface area contributed by atoms with Gasteiger partial charge in [-0.05, 0) is 35.4 Å². The molecule has 1 amide bonds. The van der Waals surface area contributed by atoms with Crippen LogP contribution in [0.3, 0.4) is 0 Å². The normalized spacial score (nSPS) is 10.6. The molecule has 3 N–H and O–H groups in total. The minimum atomic E-state index is -0.307. The molecule has 7 nitrogen and oxygen atoms in total. The number of thioether (sulfide) groups is 1. The Morgan fingerprint density at radius 3 is 2.50 bits per heavy atom. The number of halogens is 1. The summed E-state index contributed by atoms with van der Waals surface area (Å²) < 4.78 is 19.4. The predicted molar refractivity (Wildman–Crippen MR) is 105 cm³/mol. The third kappa shape index (κ3) is 5.23. The molecule has 0 aliphatic heterocycles. The van der Waals surface area contributed by atoms with E-state index in [0.717, 1.165) is 16.9 Å². The summed E-state index contributed by atoms with van der Waals surface area (Å²) in [6, 6.07) is 13.6. The summed E-state index contributed by atoms with van der Waals surface area (Å²) in [4.78, 5) is 12.0. The summed E-state index contributed by atoms with van der Waals surface area (Å²) in [5, 5.41) is 11.4. The van der Waals surface area contributed by atoms with Crippen LogP contribution in [0, 0.1) is 5.82 Å². The van der Waals surface area contributed by atoms with Gasteiger partial charge in [-0.1, -0.05) is 36.0 Å². The summed E-state index contributed by atoms with van der Waals surface area (Å²) >= 11 is 1.20. The SMILES string of the molecule is COc1ccc(Cc2nnc(SCC(=O)NCc3ccc(F)cc3)n2N)cc1. The minimum Gasteiger partial charge on any atom is -0.497 e. The fraction of sp³-hybridized carbons (Fsp3) is 0.211. The Morgan fingerprint density at radius 2 is 1.82 bits per heavy atom. The van der Waals surface area contributed by atoms with Crippen molar-refractivity contribution in [3.63, 3.8) is 0 Å². The molecule has 146 valence electrons. The van der Waals surface area contributed by atoms with Gasteiger partial charge in [0.2, 0.25) is 11.1 Å². The quantitative estimate of drug-likeness (QED) is 0.444. The van der Waals surface area contributed by atoms with E-state index in [1.165, 1.54) is 28.6 Å². The van der Waals surface area contributed by atoms with Crippen LogP contribution < -0.4 is 15.9 Å². The van der Waals surface area contributed by atoms with Crippen molar-refractivity contribution < 1.29 is 13.9 Å². The Labute approximate surface area is 166 Å². The van der Waals surface area contributed by atoms with E-state index >= 15 is 0 Å². The van der Waals surface area contributed by atoms with E-state index < -0.39 is 0 Å². The summed E-state index contributed by atoms with van der Waals surface area (Å²) in [6.07, 6.45) is 0.519. The van der Waals surface area contributed by atoms with E-state index in [2.05, 4.69) is 15.5 Å². The lowest BCUT2D eigenvalue weighted by Gasteiger charge is -2.06. The van der Waals surface area contributed by atoms with Crippen molar-refractivity contribution in [1.29, 1.82) is 0 Å². The number of nitrogens with two attached hydrogens (primary N) is 1. The van der Waals surface area contributed by atoms with Crippen LogP contribution >= 0.6 is 11.8 Å². The maximum absolute atomic E-state index is 12.9. The number of hydrogen-bond acceptors (Lipinski definition) is 6. The monoisotopic (exact) mass is 401 g/mol. The molecule has 28 heavy (non-hydrogen) atoms. The molecular weight excluding hydrogens is 381 g/mol. The number of nitrogen functional groups attached to an aromatic ring is 1. The molecule has 0 aliphatic rings. The summed E-state index contributed by atoms with van der Waals surface area (Å²) in [7, 11) is 1.62. The number of nitrogens with zero attached hydrogens (tertiary/aromatic N) is 3. The summed E-state index contributed by atoms with van der Waals surface area (Å²) in [5.74, 6) is 7.10. The van der Waals surface area contributed by atoms with Gasteiger partial charge in [0.25, 0.3) is 0 Å². The highest BCUT2D eigenvalue weighted by molar-refractivity contribution is 7.99. The molecule has 9 heteroatoms. The van der Waals surface area contributed by atoms with Gasteiger partial charge in [-0.2, -0.15) is 0 Å². The first kappa shape index (κ1) is 19.7. The highest BCUT2D eigenvalue weighted by Crippen LogP contribution is 2.17. The fourth-order valence-corrected chi connectivity index (χ4v) is 3.14. The van der Waals surface area contributed by atoms with Gasteiger partial charge in [0, 0.05) is 13.0 Å². The van der Waals surface area contributed by atoms with Crippen molar-refractivity contribution >= 4 is 17.7 Å². The minimum absolute atomic E-state index is 0.152. The summed E-state index contributed by atoms with van der Waals surface area (Å²) in [6.45, 7) is 0.331. The van der Waals surface area contributed by atoms with Gasteiger partial charge >= 0.3 is 0 Å². The number of aromatic nitrogens is 3. The molecule has 0 fully saturated rings. The topological polar surface area (TPSA) is 95.1 Å². The first-order valence-corrected chi connectivity index (χ1v) is 9.50. The molecule has 3 aromatic rings. The number of ether oxygens (including phenoxy) is 1. The lowest BCUT2D eigenvalue weighted by atomic mass is 10.1. The van der Waals surface area contributed by atoms with Crippen LogP contribution in [0.5, 0.6) is 5.75 Å². The van der Waals surface area contributed by atoms with Crippen LogP contribution in [-0.4, -0.2) is 33.6 Å². The molecule has 3 rings (SSSR count). The second-order valence-corrected chi connectivity index (χ2v) is 6.93. The highest BCUT2D eigenvalue weighted by atomic mass is 32.2. The van der Waals surface area contributed by atoms with Crippen LogP contribution in [0.15, 0.2) is 53.7 Å². The number of carbonyl (C=O) groups is 1. The maximum Gasteiger partial charge on any atom is 0.230 e. The van der Waals surface area contributed by atoms with Crippen LogP contribution in [-0.2, 0) is 17.8 Å². The molecule has 0 saturated heterocycles. The van der Waals surface area contributed by atoms with Gasteiger partial charge in [0.05, 0.1) is 12.9 Å². The van der Waals surface area contributed by atoms with Crippen molar-refractivity contribution in [3.05, 3.63) is 71.3 Å². The lowest BCUT2D eigenvalue weighted by molar-refractivity contribution is -0.118. The number of amides is 1. The highest BCUT2D eigenvalue weighted by Gasteiger charge is 2.13. The van der Waals surface area contributed by atoms with Crippen molar-refractivity contribution in [1.82, 2.24) is 20.2 Å². The average Bonchev–Trinajstić information content (AvgIpc) is 3.06. The van der Waals surface area contributed by atoms with E-state index in [-0.39, 0.29) is 17.5 Å². The van der Waals surface area contributed by atoms with Gasteiger partial charge in [-0.3, -0.25) is 4.79 Å². The Hall–Kier alpha value is -3.07. The number of carbonyl (C=O) groups excluding carboxylic acids is 1. The zero-order valence-corrected chi connectivity index (χ0v) is 16.1. The predicted octanol–water partition coefficient (Wildman–Crippen LogP) is 2.14. The van der Waals surface area contributed by atoms with Crippen LogP contribution in [0.1, 0.15) is 17.0 Å². The largest absolute Gasteiger partial charge is 0.497 e. The molecule has 0 bridgehead atoms. The Kier molecular flexibility index (Phi) is 6.49. The summed E-state index contributed by atoms with van der Waals surface area (Å²) in [5.41, 5.74) is 1.84. The smallest absolute Gasteiger partial charge is 0.230 e. The van der Waals surface area contributed by atoms with Crippen LogP contribution in [0.25, 0.3) is 0 Å². The average molecular weight is 401 g/mol. The number of benzene rings is 2. The number of rotatable bonds is 8. The van der Waals surface area contributed by atoms with Crippen molar-refractivity contribution in [2.75, 3.05) is 18.7 Å². The van der Waals surface area contributed by atoms with Crippen molar-refractivity contribution in [3.8, 4) is 5.75 Å². The third-order valence-electron chi connectivity index (χ3n) is 3.99. The molecule has 0 unspecified atom stereocenters. The maximum atomic E-state index is 12.9. The number of methoxy groups -OCH3 is 1. The van der Waals surface area contributed by atoms with Crippen LogP contribution in [0.4, 0.5) is 4.39 Å². The molecule has 0 atom stereocenters. The third-order valence-corrected chi connectivity index (χ3v) is 4.93. The van der Waals surface area contributed by atoms with E-state index in [9.17, 15) is 9.18 Å². The van der Waals surface area contributed by atoms with Gasteiger partial charge in [0.15, 0.2) is 5.82 Å². The van der Waals surface area contributed by atoms with E-state index in [1.54, 1.807) is 19.2 Å². The van der Waals surface area contributed by atoms with Gasteiger partial charge in [-0.25, -0.2) is 9.07 Å². The van der Waals surface area contributed by atoms with Crippen molar-refractivity contribution in [2.45, 2.75) is 18.1 Å². The molecule has 1 heterocycles. The molecule has 0 spiro atoms. The molecule has 0 saturated carbocycles. The fourth-order valence-electron chi connectivity index (χ4n) is 2.44. The Balaban J connectivity index is 1.50. The number of nitrogens with one attached hydrogen (secondary N) is 1.